The number of hydrogen-bond donors (Lipinski definition) is 1. The number of aryl methyl sites for hydroxylation is 1. The van der Waals surface area contributed by atoms with E-state index in [2.05, 4.69) is 20.6 Å². The Morgan fingerprint density at radius 3 is 2.76 bits per heavy atom. The Labute approximate surface area is 163 Å². The van der Waals surface area contributed by atoms with E-state index < -0.39 is 0 Å². The summed E-state index contributed by atoms with van der Waals surface area (Å²) >= 11 is 0. The average Bonchev–Trinajstić information content (AvgIpc) is 3.32. The maximum Gasteiger partial charge on any atom is 0.271 e. The van der Waals surface area contributed by atoms with E-state index in [0.717, 1.165) is 11.0 Å². The summed E-state index contributed by atoms with van der Waals surface area (Å²) in [5.41, 5.74) is 6.66. The standard InChI is InChI=1S/C21H14FN5O2/c1-12-19-15(20(28)25-27-11-23-16-4-2-3-5-18(16)27)10-17(24-21(19)29-26-12)13-6-8-14(22)9-7-13/h2-11H,1H3,(H,25,28). The molecule has 3 heterocycles. The fourth-order valence-corrected chi connectivity index (χ4v) is 3.26. The van der Waals surface area contributed by atoms with Crippen LogP contribution in [0.3, 0.4) is 0 Å². The van der Waals surface area contributed by atoms with Crippen LogP contribution in [0.25, 0.3) is 33.4 Å². The molecule has 2 aromatic carbocycles. The minimum Gasteiger partial charge on any atom is -0.335 e. The smallest absolute Gasteiger partial charge is 0.271 e. The Balaban J connectivity index is 1.61. The molecule has 1 N–H and O–H groups in total. The van der Waals surface area contributed by atoms with Gasteiger partial charge in [-0.15, -0.1) is 0 Å². The number of aromatic nitrogens is 4. The van der Waals surface area contributed by atoms with E-state index in [1.807, 2.05) is 24.3 Å². The van der Waals surface area contributed by atoms with Crippen molar-refractivity contribution >= 4 is 28.0 Å². The van der Waals surface area contributed by atoms with E-state index >= 15 is 0 Å². The largest absolute Gasteiger partial charge is 0.335 e. The number of nitrogens with zero attached hydrogens (tertiary/aromatic N) is 4. The second-order valence-electron chi connectivity index (χ2n) is 6.55. The number of imidazole rings is 1. The van der Waals surface area contributed by atoms with Gasteiger partial charge in [0.2, 0.25) is 0 Å². The van der Waals surface area contributed by atoms with Gasteiger partial charge in [0.1, 0.15) is 12.1 Å². The molecule has 0 spiro atoms. The van der Waals surface area contributed by atoms with Gasteiger partial charge in [-0.2, -0.15) is 0 Å². The highest BCUT2D eigenvalue weighted by molar-refractivity contribution is 6.10. The summed E-state index contributed by atoms with van der Waals surface area (Å²) in [6, 6.07) is 15.0. The predicted octanol–water partition coefficient (Wildman–Crippen LogP) is 4.07. The molecule has 0 aliphatic carbocycles. The summed E-state index contributed by atoms with van der Waals surface area (Å²) in [6.07, 6.45) is 1.54. The number of pyridine rings is 1. The lowest BCUT2D eigenvalue weighted by molar-refractivity contribution is 0.101. The third-order valence-corrected chi connectivity index (χ3v) is 4.68. The second-order valence-corrected chi connectivity index (χ2v) is 6.55. The lowest BCUT2D eigenvalue weighted by Gasteiger charge is -2.09. The summed E-state index contributed by atoms with van der Waals surface area (Å²) in [5, 5.41) is 4.46. The van der Waals surface area contributed by atoms with E-state index in [1.165, 1.54) is 12.1 Å². The molecule has 0 bridgehead atoms. The van der Waals surface area contributed by atoms with Gasteiger partial charge in [0.15, 0.2) is 0 Å². The highest BCUT2D eigenvalue weighted by atomic mass is 19.1. The number of nitrogens with one attached hydrogen (secondary N) is 1. The lowest BCUT2D eigenvalue weighted by atomic mass is 10.1. The molecule has 0 atom stereocenters. The first-order valence-corrected chi connectivity index (χ1v) is 8.86. The van der Waals surface area contributed by atoms with Crippen molar-refractivity contribution in [3.8, 4) is 11.3 Å². The summed E-state index contributed by atoms with van der Waals surface area (Å²) in [5.74, 6) is -0.717. The Morgan fingerprint density at radius 2 is 1.93 bits per heavy atom. The Kier molecular flexibility index (Phi) is 3.83. The number of rotatable bonds is 3. The molecule has 1 amide bonds. The molecule has 8 heteroatoms. The summed E-state index contributed by atoms with van der Waals surface area (Å²) in [4.78, 5) is 21.9. The van der Waals surface area contributed by atoms with Crippen LogP contribution in [0.15, 0.2) is 65.4 Å². The zero-order valence-corrected chi connectivity index (χ0v) is 15.3. The molecular formula is C21H14FN5O2. The van der Waals surface area contributed by atoms with Gasteiger partial charge in [-0.1, -0.05) is 17.3 Å². The first-order valence-electron chi connectivity index (χ1n) is 8.86. The van der Waals surface area contributed by atoms with Gasteiger partial charge in [-0.25, -0.2) is 19.0 Å². The lowest BCUT2D eigenvalue weighted by Crippen LogP contribution is -2.22. The molecule has 5 aromatic rings. The zero-order chi connectivity index (χ0) is 20.0. The van der Waals surface area contributed by atoms with Crippen molar-refractivity contribution in [2.45, 2.75) is 6.92 Å². The van der Waals surface area contributed by atoms with Crippen LogP contribution in [0.1, 0.15) is 16.1 Å². The van der Waals surface area contributed by atoms with E-state index in [4.69, 9.17) is 4.52 Å². The van der Waals surface area contributed by atoms with Crippen LogP contribution in [0, 0.1) is 12.7 Å². The predicted molar refractivity (Wildman–Crippen MR) is 105 cm³/mol. The maximum absolute atomic E-state index is 13.3. The minimum absolute atomic E-state index is 0.241. The first kappa shape index (κ1) is 17.1. The molecule has 0 aliphatic rings. The van der Waals surface area contributed by atoms with Gasteiger partial charge < -0.3 is 4.52 Å². The van der Waals surface area contributed by atoms with Gasteiger partial charge in [0, 0.05) is 5.56 Å². The van der Waals surface area contributed by atoms with Crippen molar-refractivity contribution < 1.29 is 13.7 Å². The van der Waals surface area contributed by atoms with Crippen LogP contribution in [0.4, 0.5) is 4.39 Å². The van der Waals surface area contributed by atoms with Gasteiger partial charge >= 0.3 is 0 Å². The minimum atomic E-state index is -0.366. The number of hydrogen-bond acceptors (Lipinski definition) is 5. The molecule has 29 heavy (non-hydrogen) atoms. The van der Waals surface area contributed by atoms with Crippen LogP contribution in [0.2, 0.25) is 0 Å². The van der Waals surface area contributed by atoms with Crippen LogP contribution < -0.4 is 5.43 Å². The molecule has 3 aromatic heterocycles. The molecule has 5 rings (SSSR count). The fraction of sp³-hybridized carbons (Fsp3) is 0.0476. The van der Waals surface area contributed by atoms with Crippen LogP contribution in [0.5, 0.6) is 0 Å². The van der Waals surface area contributed by atoms with Crippen LogP contribution in [-0.2, 0) is 0 Å². The van der Waals surface area contributed by atoms with Crippen molar-refractivity contribution in [1.82, 2.24) is 19.8 Å². The highest BCUT2D eigenvalue weighted by Gasteiger charge is 2.20. The maximum atomic E-state index is 13.3. The number of carbonyl (C=O) groups is 1. The zero-order valence-electron chi connectivity index (χ0n) is 15.3. The quantitative estimate of drug-likeness (QED) is 0.504. The highest BCUT2D eigenvalue weighted by Crippen LogP contribution is 2.27. The summed E-state index contributed by atoms with van der Waals surface area (Å²) in [7, 11) is 0. The molecule has 0 fully saturated rings. The van der Waals surface area contributed by atoms with E-state index in [9.17, 15) is 9.18 Å². The summed E-state index contributed by atoms with van der Waals surface area (Å²) < 4.78 is 20.1. The second kappa shape index (κ2) is 6.52. The monoisotopic (exact) mass is 387 g/mol. The normalized spacial score (nSPS) is 11.2. The van der Waals surface area contributed by atoms with Crippen molar-refractivity contribution in [2.24, 2.45) is 0 Å². The average molecular weight is 387 g/mol. The Morgan fingerprint density at radius 1 is 1.14 bits per heavy atom. The van der Waals surface area contributed by atoms with Crippen molar-refractivity contribution in [3.63, 3.8) is 0 Å². The number of fused-ring (bicyclic) bond motifs is 2. The number of benzene rings is 2. The van der Waals surface area contributed by atoms with Gasteiger partial charge in [-0.3, -0.25) is 10.2 Å². The molecule has 0 saturated carbocycles. The Bertz CT molecular complexity index is 1370. The number of halogens is 1. The molecule has 0 unspecified atom stereocenters. The topological polar surface area (TPSA) is 85.8 Å². The van der Waals surface area contributed by atoms with Gasteiger partial charge in [0.05, 0.1) is 33.4 Å². The third kappa shape index (κ3) is 2.91. The fourth-order valence-electron chi connectivity index (χ4n) is 3.26. The van der Waals surface area contributed by atoms with Gasteiger partial charge in [-0.05, 0) is 49.4 Å². The van der Waals surface area contributed by atoms with Crippen molar-refractivity contribution in [1.29, 1.82) is 0 Å². The summed E-state index contributed by atoms with van der Waals surface area (Å²) in [6.45, 7) is 1.74. The van der Waals surface area contributed by atoms with E-state index in [1.54, 1.807) is 36.1 Å². The van der Waals surface area contributed by atoms with Crippen LogP contribution in [-0.4, -0.2) is 25.7 Å². The molecule has 0 radical (unpaired) electrons. The molecule has 142 valence electrons. The number of para-hydroxylation sites is 2. The van der Waals surface area contributed by atoms with E-state index in [-0.39, 0.29) is 17.4 Å². The molecule has 0 aliphatic heterocycles. The molecular weight excluding hydrogens is 373 g/mol. The van der Waals surface area contributed by atoms with Gasteiger partial charge in [0.25, 0.3) is 11.6 Å². The van der Waals surface area contributed by atoms with Crippen LogP contribution >= 0.6 is 0 Å². The van der Waals surface area contributed by atoms with Crippen molar-refractivity contribution in [2.75, 3.05) is 5.43 Å². The molecule has 0 saturated heterocycles. The Hall–Kier alpha value is -4.07. The molecule has 7 nitrogen and oxygen atoms in total. The van der Waals surface area contributed by atoms with Crippen molar-refractivity contribution in [3.05, 3.63) is 78.0 Å². The third-order valence-electron chi connectivity index (χ3n) is 4.68. The SMILES string of the molecule is Cc1noc2nc(-c3ccc(F)cc3)cc(C(=O)Nn3cnc4ccccc43)c12. The number of carbonyl (C=O) groups excluding carboxylic acids is 1. The number of amides is 1. The van der Waals surface area contributed by atoms with E-state index in [0.29, 0.717) is 27.9 Å². The first-order chi connectivity index (χ1) is 14.1.